The molecule has 2 bridgehead atoms. The molecule has 6 rings (SSSR count). The van der Waals surface area contributed by atoms with Gasteiger partial charge < -0.3 is 52.8 Å². The molecule has 0 spiro atoms. The second-order valence-electron chi connectivity index (χ2n) is 23.9. The molecule has 15 atom stereocenters. The van der Waals surface area contributed by atoms with E-state index in [1.807, 2.05) is 88.4 Å². The van der Waals surface area contributed by atoms with Crippen LogP contribution in [0.2, 0.25) is 0 Å². The Morgan fingerprint density at radius 1 is 0.838 bits per heavy atom. The van der Waals surface area contributed by atoms with Crippen LogP contribution in [-0.4, -0.2) is 153 Å². The minimum atomic E-state index is -2.46. The molecule has 0 radical (unpaired) electrons. The van der Waals surface area contributed by atoms with Crippen LogP contribution in [0.4, 0.5) is 0 Å². The third-order valence-corrected chi connectivity index (χ3v) is 17.4. The SMILES string of the molecule is CO[C@H]1C[C@@H]2CC[C@@H](C)[C@@](O)(O2)C(=O)C(=O)N2CCCC[C@H]2C(=O)O[C@H]([C@H](C)C[C@H]2CC[C@@H](OC(=O)C3(C)COB(c4ccccc4)OC3)[C@H](OC)C2)CC(=O)[C@H](C)/C=C(\C)[C@@H](O)[C@@H](OC)C(=O)[C@H](C)C[C@H](C)\C=C/C=C/C=C/1C. The summed E-state index contributed by atoms with van der Waals surface area (Å²) in [6, 6.07) is 8.32. The van der Waals surface area contributed by atoms with E-state index >= 15 is 0 Å². The van der Waals surface area contributed by atoms with Crippen LogP contribution in [0.25, 0.3) is 0 Å². The van der Waals surface area contributed by atoms with Crippen LogP contribution >= 0.6 is 0 Å². The number of amides is 1. The summed E-state index contributed by atoms with van der Waals surface area (Å²) in [5, 5.41) is 23.7. The third-order valence-electron chi connectivity index (χ3n) is 17.4. The van der Waals surface area contributed by atoms with Crippen molar-refractivity contribution in [3.63, 3.8) is 0 Å². The molecule has 1 saturated carbocycles. The van der Waals surface area contributed by atoms with Crippen LogP contribution in [-0.2, 0) is 66.5 Å². The highest BCUT2D eigenvalue weighted by Gasteiger charge is 2.53. The predicted molar refractivity (Wildman–Crippen MR) is 301 cm³/mol. The molecule has 18 heteroatoms. The maximum atomic E-state index is 14.7. The van der Waals surface area contributed by atoms with Gasteiger partial charge in [0.2, 0.25) is 5.79 Å². The van der Waals surface area contributed by atoms with Crippen molar-refractivity contribution in [1.29, 1.82) is 0 Å². The number of hydrogen-bond acceptors (Lipinski definition) is 16. The summed E-state index contributed by atoms with van der Waals surface area (Å²) in [6.45, 7) is 14.7. The van der Waals surface area contributed by atoms with Gasteiger partial charge in [0.15, 0.2) is 5.78 Å². The van der Waals surface area contributed by atoms with Crippen molar-refractivity contribution >= 4 is 47.8 Å². The first-order valence-electron chi connectivity index (χ1n) is 29.0. The molecule has 4 heterocycles. The summed E-state index contributed by atoms with van der Waals surface area (Å²) < 4.78 is 48.2. The number of allylic oxidation sites excluding steroid dienone is 6. The molecule has 5 aliphatic rings. The third kappa shape index (κ3) is 16.3. The van der Waals surface area contributed by atoms with Gasteiger partial charge in [0.05, 0.1) is 18.3 Å². The van der Waals surface area contributed by atoms with Crippen LogP contribution < -0.4 is 5.46 Å². The molecule has 80 heavy (non-hydrogen) atoms. The van der Waals surface area contributed by atoms with Crippen LogP contribution in [0, 0.1) is 40.9 Å². The predicted octanol–water partition coefficient (Wildman–Crippen LogP) is 7.18. The van der Waals surface area contributed by atoms with Crippen LogP contribution in [0.15, 0.2) is 77.9 Å². The number of rotatable bonds is 9. The van der Waals surface area contributed by atoms with E-state index in [1.54, 1.807) is 48.0 Å². The highest BCUT2D eigenvalue weighted by Crippen LogP contribution is 2.39. The number of esters is 2. The lowest BCUT2D eigenvalue weighted by molar-refractivity contribution is -0.265. The van der Waals surface area contributed by atoms with Crippen molar-refractivity contribution < 1.29 is 76.7 Å². The summed E-state index contributed by atoms with van der Waals surface area (Å²) in [7, 11) is 3.93. The minimum Gasteiger partial charge on any atom is -0.460 e. The van der Waals surface area contributed by atoms with Crippen LogP contribution in [0.5, 0.6) is 0 Å². The topological polar surface area (TPSA) is 220 Å². The first kappa shape index (κ1) is 64.5. The van der Waals surface area contributed by atoms with E-state index in [9.17, 15) is 39.0 Å². The molecule has 0 aromatic heterocycles. The van der Waals surface area contributed by atoms with Crippen molar-refractivity contribution in [3.8, 4) is 0 Å². The zero-order chi connectivity index (χ0) is 58.5. The normalized spacial score (nSPS) is 36.8. The van der Waals surface area contributed by atoms with Gasteiger partial charge in [-0.15, -0.1) is 0 Å². The number of Topliss-reactive ketones (excluding diaryl/α,β-unsaturated/α-hetero) is 3. The van der Waals surface area contributed by atoms with Crippen molar-refractivity contribution in [2.24, 2.45) is 40.9 Å². The fourth-order valence-electron chi connectivity index (χ4n) is 12.0. The van der Waals surface area contributed by atoms with Gasteiger partial charge in [-0.1, -0.05) is 101 Å². The Hall–Kier alpha value is -4.66. The summed E-state index contributed by atoms with van der Waals surface area (Å²) >= 11 is 0. The molecule has 2 N–H and O–H groups in total. The first-order valence-corrected chi connectivity index (χ1v) is 29.0. The number of nitrogens with zero attached hydrogens (tertiary/aromatic N) is 1. The Labute approximate surface area is 474 Å². The zero-order valence-corrected chi connectivity index (χ0v) is 49.2. The molecule has 0 unspecified atom stereocenters. The number of piperidine rings is 1. The lowest BCUT2D eigenvalue weighted by atomic mass is 9.75. The van der Waals surface area contributed by atoms with Crippen LogP contribution in [0.3, 0.4) is 0 Å². The number of methoxy groups -OCH3 is 3. The smallest absolute Gasteiger partial charge is 0.460 e. The molecule has 442 valence electrons. The highest BCUT2D eigenvalue weighted by molar-refractivity contribution is 6.61. The fraction of sp³-hybridized carbons (Fsp3) is 0.677. The maximum Gasteiger partial charge on any atom is 0.493 e. The van der Waals surface area contributed by atoms with E-state index in [-0.39, 0.29) is 56.0 Å². The van der Waals surface area contributed by atoms with Gasteiger partial charge >= 0.3 is 19.1 Å². The molecule has 4 fully saturated rings. The standard InChI is InChI=1S/C62H90BNO16/c1-38-20-14-12-15-21-39(2)51(73-9)34-47-27-25-44(7)62(72,80-47)57(68)58(69)64-29-19-18-24-48(64)59(70)78-52(35-49(65)40(3)31-43(6)55(67)56(75-11)54(66)42(5)30-38)41(4)32-45-26-28-50(53(33-45)74-10)79-60(71)61(8)36-76-63(77-37-61)46-22-16-13-17-23-46/h12-17,20-23,31,38,40-42,44-45,47-48,50-53,55-56,67,72H,18-19,24-30,32-37H2,1-11H3/b15-12+,20-14-,39-21+,43-31+/t38-,40-,41-,42-,44-,45-,47+,48+,50-,51+,52+,53-,55-,56+,62-/m1/s1. The molecular formula is C62H90BNO16. The number of ether oxygens (including phenoxy) is 6. The minimum absolute atomic E-state index is 0.000113. The molecule has 17 nitrogen and oxygen atoms in total. The van der Waals surface area contributed by atoms with Crippen LogP contribution in [0.1, 0.15) is 132 Å². The zero-order valence-electron chi connectivity index (χ0n) is 49.2. The van der Waals surface area contributed by atoms with E-state index in [1.165, 1.54) is 12.0 Å². The van der Waals surface area contributed by atoms with Crippen molar-refractivity contribution in [3.05, 3.63) is 77.9 Å². The Morgan fingerprint density at radius 3 is 2.23 bits per heavy atom. The van der Waals surface area contributed by atoms with E-state index in [4.69, 9.17) is 37.7 Å². The molecule has 4 aliphatic heterocycles. The number of carbonyl (C=O) groups excluding carboxylic acids is 6. The monoisotopic (exact) mass is 1120 g/mol. The number of aliphatic hydroxyl groups excluding tert-OH is 1. The Morgan fingerprint density at radius 2 is 1.55 bits per heavy atom. The first-order chi connectivity index (χ1) is 38.0. The Bertz CT molecular complexity index is 2400. The van der Waals surface area contributed by atoms with Crippen molar-refractivity contribution in [2.45, 2.75) is 187 Å². The van der Waals surface area contributed by atoms with Crippen molar-refractivity contribution in [1.82, 2.24) is 4.90 Å². The summed E-state index contributed by atoms with van der Waals surface area (Å²) in [4.78, 5) is 86.7. The molecular weight excluding hydrogens is 1030 g/mol. The van der Waals surface area contributed by atoms with Gasteiger partial charge in [-0.3, -0.25) is 24.0 Å². The van der Waals surface area contributed by atoms with Gasteiger partial charge in [-0.05, 0) is 119 Å². The summed E-state index contributed by atoms with van der Waals surface area (Å²) in [5.74, 6) is -8.89. The average Bonchev–Trinajstić information content (AvgIpc) is 3.57. The molecule has 3 saturated heterocycles. The molecule has 1 amide bonds. The van der Waals surface area contributed by atoms with Gasteiger partial charge in [-0.2, -0.15) is 0 Å². The average molecular weight is 1120 g/mol. The van der Waals surface area contributed by atoms with Gasteiger partial charge in [0.1, 0.15) is 41.7 Å². The number of cyclic esters (lactones) is 1. The second-order valence-corrected chi connectivity index (χ2v) is 23.9. The fourth-order valence-corrected chi connectivity index (χ4v) is 12.0. The van der Waals surface area contributed by atoms with E-state index in [0.717, 1.165) is 11.0 Å². The number of hydrogen-bond donors (Lipinski definition) is 2. The van der Waals surface area contributed by atoms with Crippen molar-refractivity contribution in [2.75, 3.05) is 41.1 Å². The number of fused-ring (bicyclic) bond motifs is 3. The largest absolute Gasteiger partial charge is 0.493 e. The van der Waals surface area contributed by atoms with E-state index < -0.39 is 114 Å². The maximum absolute atomic E-state index is 14.7. The van der Waals surface area contributed by atoms with Gasteiger partial charge in [-0.25, -0.2) is 4.79 Å². The number of aliphatic hydroxyl groups is 2. The summed E-state index contributed by atoms with van der Waals surface area (Å²) in [6.07, 6.45) is 10.4. The molecule has 1 aliphatic carbocycles. The number of benzene rings is 1. The van der Waals surface area contributed by atoms with E-state index in [2.05, 4.69) is 0 Å². The lowest BCUT2D eigenvalue weighted by Crippen LogP contribution is -2.61. The second kappa shape index (κ2) is 29.5. The Balaban J connectivity index is 1.23. The molecule has 1 aromatic carbocycles. The summed E-state index contributed by atoms with van der Waals surface area (Å²) in [5.41, 5.74) is 1.05. The number of carbonyl (C=O) groups is 6. The number of ketones is 3. The molecule has 1 aromatic rings. The lowest BCUT2D eigenvalue weighted by Gasteiger charge is -2.42. The van der Waals surface area contributed by atoms with E-state index in [0.29, 0.717) is 69.8 Å². The van der Waals surface area contributed by atoms with Gasteiger partial charge in [0, 0.05) is 71.7 Å². The quantitative estimate of drug-likeness (QED) is 0.108. The van der Waals surface area contributed by atoms with Gasteiger partial charge in [0.25, 0.3) is 11.7 Å². The highest BCUT2D eigenvalue weighted by atomic mass is 16.6. The Kier molecular flexibility index (Phi) is 23.8.